The van der Waals surface area contributed by atoms with Crippen LogP contribution < -0.4 is 5.32 Å². The van der Waals surface area contributed by atoms with Gasteiger partial charge in [-0.1, -0.05) is 12.2 Å². The molecular weight excluding hydrogens is 231 g/mol. The number of hydrogen-bond donors (Lipinski definition) is 2. The summed E-state index contributed by atoms with van der Waals surface area (Å²) in [5.41, 5.74) is -0.501. The first-order valence-corrected chi connectivity index (χ1v) is 5.16. The highest BCUT2D eigenvalue weighted by Gasteiger charge is 2.31. The Morgan fingerprint density at radius 2 is 2.00 bits per heavy atom. The average molecular weight is 245 g/mol. The maximum Gasteiger partial charge on any atom is 0.416 e. The molecule has 0 fully saturated rings. The van der Waals surface area contributed by atoms with Gasteiger partial charge in [-0.05, 0) is 43.8 Å². The minimum absolute atomic E-state index is 0.341. The standard InChI is InChI=1S/C12H14F3NO/c1-16-5-3-2-4-9-6-10(12(13,14)15)8-11(17)7-9/h2,4,6-8,16-17H,3,5H2,1H3. The molecule has 0 spiro atoms. The van der Waals surface area contributed by atoms with Gasteiger partial charge in [0.15, 0.2) is 0 Å². The van der Waals surface area contributed by atoms with E-state index in [1.165, 1.54) is 6.07 Å². The Morgan fingerprint density at radius 1 is 1.29 bits per heavy atom. The Kier molecular flexibility index (Phi) is 4.57. The lowest BCUT2D eigenvalue weighted by Gasteiger charge is -2.08. The van der Waals surface area contributed by atoms with Gasteiger partial charge in [0, 0.05) is 0 Å². The Hall–Kier alpha value is -1.49. The van der Waals surface area contributed by atoms with Crippen LogP contribution in [0.1, 0.15) is 17.5 Å². The van der Waals surface area contributed by atoms with Crippen LogP contribution >= 0.6 is 0 Å². The summed E-state index contributed by atoms with van der Waals surface area (Å²) in [6.07, 6.45) is -0.405. The largest absolute Gasteiger partial charge is 0.508 e. The number of nitrogens with one attached hydrogen (secondary N) is 1. The first-order valence-electron chi connectivity index (χ1n) is 5.16. The highest BCUT2D eigenvalue weighted by atomic mass is 19.4. The molecular formula is C12H14F3NO. The SMILES string of the molecule is CNCCC=Cc1cc(O)cc(C(F)(F)F)c1. The lowest BCUT2D eigenvalue weighted by atomic mass is 10.1. The molecule has 0 saturated heterocycles. The van der Waals surface area contributed by atoms with Gasteiger partial charge in [0.2, 0.25) is 0 Å². The van der Waals surface area contributed by atoms with Crippen LogP contribution in [0.4, 0.5) is 13.2 Å². The summed E-state index contributed by atoms with van der Waals surface area (Å²) in [5.74, 6) is -0.381. The van der Waals surface area contributed by atoms with Crippen LogP contribution in [0, 0.1) is 0 Å². The molecule has 2 nitrogen and oxygen atoms in total. The van der Waals surface area contributed by atoms with Crippen molar-refractivity contribution < 1.29 is 18.3 Å². The fourth-order valence-corrected chi connectivity index (χ4v) is 1.34. The van der Waals surface area contributed by atoms with Crippen LogP contribution in [-0.4, -0.2) is 18.7 Å². The maximum absolute atomic E-state index is 12.4. The Labute approximate surface area is 97.8 Å². The second-order valence-electron chi connectivity index (χ2n) is 3.61. The molecule has 0 aliphatic carbocycles. The summed E-state index contributed by atoms with van der Waals surface area (Å²) in [6.45, 7) is 0.751. The van der Waals surface area contributed by atoms with Crippen molar-refractivity contribution >= 4 is 6.08 Å². The topological polar surface area (TPSA) is 32.3 Å². The second-order valence-corrected chi connectivity index (χ2v) is 3.61. The van der Waals surface area contributed by atoms with Gasteiger partial charge in [-0.3, -0.25) is 0 Å². The zero-order valence-corrected chi connectivity index (χ0v) is 9.38. The molecule has 0 saturated carbocycles. The Morgan fingerprint density at radius 3 is 2.59 bits per heavy atom. The van der Waals surface area contributed by atoms with E-state index >= 15 is 0 Å². The first-order chi connectivity index (χ1) is 7.93. The Balaban J connectivity index is 2.87. The summed E-state index contributed by atoms with van der Waals surface area (Å²) in [4.78, 5) is 0. The predicted octanol–water partition coefficient (Wildman–Crippen LogP) is 3.03. The molecule has 5 heteroatoms. The van der Waals surface area contributed by atoms with E-state index in [-0.39, 0.29) is 5.75 Å². The third kappa shape index (κ3) is 4.48. The predicted molar refractivity (Wildman–Crippen MR) is 60.7 cm³/mol. The third-order valence-electron chi connectivity index (χ3n) is 2.14. The second kappa shape index (κ2) is 5.72. The number of hydrogen-bond acceptors (Lipinski definition) is 2. The molecule has 1 rings (SSSR count). The molecule has 17 heavy (non-hydrogen) atoms. The van der Waals surface area contributed by atoms with E-state index in [4.69, 9.17) is 0 Å². The minimum atomic E-state index is -4.44. The van der Waals surface area contributed by atoms with E-state index < -0.39 is 11.7 Å². The molecule has 0 amide bonds. The van der Waals surface area contributed by atoms with Crippen LogP contribution in [0.25, 0.3) is 6.08 Å². The fraction of sp³-hybridized carbons (Fsp3) is 0.333. The quantitative estimate of drug-likeness (QED) is 0.799. The summed E-state index contributed by atoms with van der Waals surface area (Å²) in [7, 11) is 1.80. The van der Waals surface area contributed by atoms with Crippen molar-refractivity contribution in [3.63, 3.8) is 0 Å². The van der Waals surface area contributed by atoms with Crippen LogP contribution in [0.2, 0.25) is 0 Å². The minimum Gasteiger partial charge on any atom is -0.508 e. The van der Waals surface area contributed by atoms with Crippen molar-refractivity contribution in [1.29, 1.82) is 0 Å². The van der Waals surface area contributed by atoms with Gasteiger partial charge in [-0.25, -0.2) is 0 Å². The monoisotopic (exact) mass is 245 g/mol. The molecule has 2 N–H and O–H groups in total. The van der Waals surface area contributed by atoms with Crippen LogP contribution in [0.5, 0.6) is 5.75 Å². The molecule has 0 bridgehead atoms. The van der Waals surface area contributed by atoms with Gasteiger partial charge in [0.05, 0.1) is 5.56 Å². The lowest BCUT2D eigenvalue weighted by Crippen LogP contribution is -2.06. The van der Waals surface area contributed by atoms with Crippen molar-refractivity contribution in [2.45, 2.75) is 12.6 Å². The van der Waals surface area contributed by atoms with Crippen molar-refractivity contribution in [3.05, 3.63) is 35.4 Å². The molecule has 0 unspecified atom stereocenters. The van der Waals surface area contributed by atoms with Crippen LogP contribution in [-0.2, 0) is 6.18 Å². The van der Waals surface area contributed by atoms with E-state index in [0.717, 1.165) is 12.6 Å². The fourth-order valence-electron chi connectivity index (χ4n) is 1.34. The van der Waals surface area contributed by atoms with E-state index in [1.54, 1.807) is 19.2 Å². The number of phenols is 1. The molecule has 0 heterocycles. The lowest BCUT2D eigenvalue weighted by molar-refractivity contribution is -0.137. The normalized spacial score (nSPS) is 12.2. The summed E-state index contributed by atoms with van der Waals surface area (Å²) in [6, 6.07) is 3.02. The number of rotatable bonds is 4. The zero-order valence-electron chi connectivity index (χ0n) is 9.38. The van der Waals surface area contributed by atoms with E-state index in [0.29, 0.717) is 18.1 Å². The van der Waals surface area contributed by atoms with Gasteiger partial charge in [0.1, 0.15) is 5.75 Å². The molecule has 0 aliphatic heterocycles. The van der Waals surface area contributed by atoms with Crippen LogP contribution in [0.15, 0.2) is 24.3 Å². The van der Waals surface area contributed by atoms with Crippen molar-refractivity contribution in [2.24, 2.45) is 0 Å². The summed E-state index contributed by atoms with van der Waals surface area (Å²) in [5, 5.41) is 12.1. The molecule has 1 aromatic carbocycles. The van der Waals surface area contributed by atoms with Crippen molar-refractivity contribution in [1.82, 2.24) is 5.32 Å². The third-order valence-corrected chi connectivity index (χ3v) is 2.14. The smallest absolute Gasteiger partial charge is 0.416 e. The molecule has 0 radical (unpaired) electrons. The first kappa shape index (κ1) is 13.6. The van der Waals surface area contributed by atoms with Crippen molar-refractivity contribution in [2.75, 3.05) is 13.6 Å². The maximum atomic E-state index is 12.4. The molecule has 0 aromatic heterocycles. The van der Waals surface area contributed by atoms with Gasteiger partial charge in [0.25, 0.3) is 0 Å². The van der Waals surface area contributed by atoms with Gasteiger partial charge >= 0.3 is 6.18 Å². The summed E-state index contributed by atoms with van der Waals surface area (Å²) < 4.78 is 37.3. The molecule has 94 valence electrons. The van der Waals surface area contributed by atoms with Gasteiger partial charge < -0.3 is 10.4 Å². The molecule has 0 aliphatic rings. The highest BCUT2D eigenvalue weighted by Crippen LogP contribution is 2.32. The Bertz CT molecular complexity index is 399. The van der Waals surface area contributed by atoms with Crippen LogP contribution in [0.3, 0.4) is 0 Å². The number of aromatic hydroxyl groups is 1. The molecule has 1 aromatic rings. The number of alkyl halides is 3. The van der Waals surface area contributed by atoms with Gasteiger partial charge in [-0.2, -0.15) is 13.2 Å². The number of halogens is 3. The zero-order chi connectivity index (χ0) is 12.9. The van der Waals surface area contributed by atoms with E-state index in [1.807, 2.05) is 0 Å². The van der Waals surface area contributed by atoms with Gasteiger partial charge in [-0.15, -0.1) is 0 Å². The highest BCUT2D eigenvalue weighted by molar-refractivity contribution is 5.53. The van der Waals surface area contributed by atoms with E-state index in [2.05, 4.69) is 5.32 Å². The van der Waals surface area contributed by atoms with E-state index in [9.17, 15) is 18.3 Å². The number of phenolic OH excluding ortho intramolecular Hbond substituents is 1. The average Bonchev–Trinajstić information content (AvgIpc) is 2.22. The molecule has 0 atom stereocenters. The number of benzene rings is 1. The van der Waals surface area contributed by atoms with Crippen molar-refractivity contribution in [3.8, 4) is 5.75 Å². The summed E-state index contributed by atoms with van der Waals surface area (Å²) >= 11 is 0.